The van der Waals surface area contributed by atoms with Gasteiger partial charge in [0.25, 0.3) is 0 Å². The molecule has 0 spiro atoms. The van der Waals surface area contributed by atoms with Crippen LogP contribution in [0.5, 0.6) is 0 Å². The molecule has 1 saturated heterocycles. The highest BCUT2D eigenvalue weighted by Crippen LogP contribution is 2.22. The second-order valence-electron chi connectivity index (χ2n) is 6.75. The Hall–Kier alpha value is -2.35. The summed E-state index contributed by atoms with van der Waals surface area (Å²) in [7, 11) is 0. The molecule has 0 radical (unpaired) electrons. The number of aromatic nitrogens is 5. The lowest BCUT2D eigenvalue weighted by atomic mass is 10.2. The number of nitrogens with one attached hydrogen (secondary N) is 2. The van der Waals surface area contributed by atoms with Crippen molar-refractivity contribution in [3.63, 3.8) is 0 Å². The minimum absolute atomic E-state index is 0.346. The highest BCUT2D eigenvalue weighted by molar-refractivity contribution is 7.99. The van der Waals surface area contributed by atoms with Gasteiger partial charge in [0, 0.05) is 30.1 Å². The third kappa shape index (κ3) is 3.75. The molecule has 0 aliphatic carbocycles. The van der Waals surface area contributed by atoms with Gasteiger partial charge < -0.3 is 15.2 Å². The largest absolute Gasteiger partial charge is 0.351 e. The molecule has 136 valence electrons. The van der Waals surface area contributed by atoms with Gasteiger partial charge in [-0.15, -0.1) is 0 Å². The van der Waals surface area contributed by atoms with Gasteiger partial charge >= 0.3 is 0 Å². The van der Waals surface area contributed by atoms with Crippen LogP contribution in [0.1, 0.15) is 32.7 Å². The predicted molar refractivity (Wildman–Crippen MR) is 107 cm³/mol. The van der Waals surface area contributed by atoms with E-state index in [1.54, 1.807) is 12.4 Å². The molecule has 4 rings (SSSR count). The molecule has 3 aromatic rings. The van der Waals surface area contributed by atoms with Crippen LogP contribution in [-0.4, -0.2) is 42.1 Å². The lowest BCUT2D eigenvalue weighted by molar-refractivity contribution is 0.617. The average Bonchev–Trinajstić information content (AvgIpc) is 3.06. The highest BCUT2D eigenvalue weighted by atomic mass is 32.2. The van der Waals surface area contributed by atoms with Gasteiger partial charge in [-0.25, -0.2) is 15.0 Å². The number of hydrogen-bond acceptors (Lipinski definition) is 7. The molecule has 2 N–H and O–H groups in total. The Morgan fingerprint density at radius 1 is 1.23 bits per heavy atom. The highest BCUT2D eigenvalue weighted by Gasteiger charge is 2.14. The van der Waals surface area contributed by atoms with Gasteiger partial charge in [0.2, 0.25) is 5.95 Å². The monoisotopic (exact) mass is 369 g/mol. The van der Waals surface area contributed by atoms with E-state index in [2.05, 4.69) is 49.0 Å². The first-order chi connectivity index (χ1) is 12.7. The van der Waals surface area contributed by atoms with E-state index >= 15 is 0 Å². The third-order valence-corrected chi connectivity index (χ3v) is 5.64. The zero-order valence-electron chi connectivity index (χ0n) is 15.0. The third-order valence-electron chi connectivity index (χ3n) is 4.42. The molecule has 4 heterocycles. The number of rotatable bonds is 5. The second kappa shape index (κ2) is 7.49. The van der Waals surface area contributed by atoms with Crippen molar-refractivity contribution < 1.29 is 0 Å². The molecule has 0 saturated carbocycles. The molecule has 7 nitrogen and oxygen atoms in total. The zero-order chi connectivity index (χ0) is 17.9. The van der Waals surface area contributed by atoms with Crippen molar-refractivity contribution in [2.75, 3.05) is 22.1 Å². The fourth-order valence-electron chi connectivity index (χ4n) is 3.08. The van der Waals surface area contributed by atoms with E-state index in [1.165, 1.54) is 18.6 Å². The predicted octanol–water partition coefficient (Wildman–Crippen LogP) is 3.85. The summed E-state index contributed by atoms with van der Waals surface area (Å²) < 4.78 is 2.13. The Bertz CT molecular complexity index is 886. The van der Waals surface area contributed by atoms with Crippen LogP contribution in [0.25, 0.3) is 11.0 Å². The molecular weight excluding hydrogens is 346 g/mol. The molecule has 8 heteroatoms. The summed E-state index contributed by atoms with van der Waals surface area (Å²) in [5, 5.41) is 6.72. The maximum Gasteiger partial charge on any atom is 0.224 e. The van der Waals surface area contributed by atoms with Gasteiger partial charge in [-0.2, -0.15) is 16.7 Å². The van der Waals surface area contributed by atoms with Crippen molar-refractivity contribution in [2.45, 2.75) is 38.8 Å². The van der Waals surface area contributed by atoms with E-state index < -0.39 is 0 Å². The van der Waals surface area contributed by atoms with E-state index in [1.807, 2.05) is 30.2 Å². The molecule has 3 aromatic heterocycles. The minimum atomic E-state index is 0.346. The number of thioether (sulfide) groups is 1. The number of fused-ring (bicyclic) bond motifs is 1. The van der Waals surface area contributed by atoms with E-state index in [4.69, 9.17) is 0 Å². The smallest absolute Gasteiger partial charge is 0.224 e. The summed E-state index contributed by atoms with van der Waals surface area (Å²) in [5.41, 5.74) is 1.95. The minimum Gasteiger partial charge on any atom is -0.351 e. The Balaban J connectivity index is 1.52. The van der Waals surface area contributed by atoms with Crippen molar-refractivity contribution in [1.82, 2.24) is 24.5 Å². The van der Waals surface area contributed by atoms with Gasteiger partial charge in [0.1, 0.15) is 17.2 Å². The van der Waals surface area contributed by atoms with Crippen LogP contribution in [0.3, 0.4) is 0 Å². The number of imidazole rings is 1. The van der Waals surface area contributed by atoms with Crippen molar-refractivity contribution in [3.8, 4) is 0 Å². The molecule has 1 atom stereocenters. The molecule has 1 aliphatic heterocycles. The summed E-state index contributed by atoms with van der Waals surface area (Å²) in [6, 6.07) is 4.65. The van der Waals surface area contributed by atoms with Crippen LogP contribution in [0, 0.1) is 0 Å². The van der Waals surface area contributed by atoms with Gasteiger partial charge in [-0.3, -0.25) is 0 Å². The second-order valence-corrected chi connectivity index (χ2v) is 7.90. The Labute approximate surface area is 157 Å². The lowest BCUT2D eigenvalue weighted by Crippen LogP contribution is -2.26. The van der Waals surface area contributed by atoms with Crippen LogP contribution in [-0.2, 0) is 0 Å². The number of anilines is 3. The van der Waals surface area contributed by atoms with Crippen LogP contribution in [0.2, 0.25) is 0 Å². The molecule has 1 aliphatic rings. The SMILES string of the molecule is CC(C)n1cnc2cnc(Nc3ccnc(NC4CCCSC4)n3)cc21. The Morgan fingerprint density at radius 2 is 2.15 bits per heavy atom. The maximum atomic E-state index is 4.58. The fraction of sp³-hybridized carbons (Fsp3) is 0.444. The quantitative estimate of drug-likeness (QED) is 0.707. The summed E-state index contributed by atoms with van der Waals surface area (Å²) >= 11 is 1.98. The van der Waals surface area contributed by atoms with Gasteiger partial charge in [-0.05, 0) is 38.5 Å². The number of pyridine rings is 1. The molecule has 1 unspecified atom stereocenters. The molecule has 26 heavy (non-hydrogen) atoms. The number of nitrogens with zero attached hydrogens (tertiary/aromatic N) is 5. The Morgan fingerprint density at radius 3 is 2.96 bits per heavy atom. The van der Waals surface area contributed by atoms with E-state index in [0.29, 0.717) is 18.0 Å². The first-order valence-corrected chi connectivity index (χ1v) is 10.1. The van der Waals surface area contributed by atoms with Gasteiger partial charge in [0.05, 0.1) is 18.0 Å². The maximum absolute atomic E-state index is 4.58. The zero-order valence-corrected chi connectivity index (χ0v) is 15.8. The molecule has 0 bridgehead atoms. The summed E-state index contributed by atoms with van der Waals surface area (Å²) in [5.74, 6) is 4.50. The van der Waals surface area contributed by atoms with E-state index in [0.717, 1.165) is 28.4 Å². The first-order valence-electron chi connectivity index (χ1n) is 8.96. The van der Waals surface area contributed by atoms with Crippen molar-refractivity contribution in [3.05, 3.63) is 30.9 Å². The number of hydrogen-bond donors (Lipinski definition) is 2. The van der Waals surface area contributed by atoms with Crippen molar-refractivity contribution in [2.24, 2.45) is 0 Å². The Kier molecular flexibility index (Phi) is 4.92. The fourth-order valence-corrected chi connectivity index (χ4v) is 4.15. The first kappa shape index (κ1) is 17.1. The van der Waals surface area contributed by atoms with E-state index in [-0.39, 0.29) is 0 Å². The van der Waals surface area contributed by atoms with Gasteiger partial charge in [0.15, 0.2) is 0 Å². The van der Waals surface area contributed by atoms with Crippen molar-refractivity contribution >= 4 is 40.4 Å². The summed E-state index contributed by atoms with van der Waals surface area (Å²) in [6.07, 6.45) is 7.83. The summed E-state index contributed by atoms with van der Waals surface area (Å²) in [6.45, 7) is 4.28. The van der Waals surface area contributed by atoms with Crippen LogP contribution in [0.15, 0.2) is 30.9 Å². The summed E-state index contributed by atoms with van der Waals surface area (Å²) in [4.78, 5) is 17.8. The molecule has 0 amide bonds. The molecule has 1 fully saturated rings. The molecule has 0 aromatic carbocycles. The topological polar surface area (TPSA) is 80.5 Å². The van der Waals surface area contributed by atoms with Crippen LogP contribution < -0.4 is 10.6 Å². The van der Waals surface area contributed by atoms with Crippen molar-refractivity contribution in [1.29, 1.82) is 0 Å². The van der Waals surface area contributed by atoms with E-state index in [9.17, 15) is 0 Å². The molecular formula is C18H23N7S. The lowest BCUT2D eigenvalue weighted by Gasteiger charge is -2.22. The standard InChI is InChI=1S/C18H23N7S/c1-12(2)25-11-21-14-9-20-17(8-15(14)25)23-16-5-6-19-18(24-16)22-13-4-3-7-26-10-13/h5-6,8-9,11-13H,3-4,7,10H2,1-2H3,(H2,19,20,22,23,24). The van der Waals surface area contributed by atoms with Gasteiger partial charge in [-0.1, -0.05) is 0 Å². The average molecular weight is 369 g/mol. The van der Waals surface area contributed by atoms with Crippen LogP contribution in [0.4, 0.5) is 17.6 Å². The normalized spacial score (nSPS) is 17.6. The van der Waals surface area contributed by atoms with Crippen LogP contribution >= 0.6 is 11.8 Å².